The van der Waals surface area contributed by atoms with Gasteiger partial charge in [-0.05, 0) is 30.7 Å². The van der Waals surface area contributed by atoms with Crippen molar-refractivity contribution in [2.24, 2.45) is 0 Å². The zero-order valence-electron chi connectivity index (χ0n) is 9.73. The van der Waals surface area contributed by atoms with Gasteiger partial charge in [-0.25, -0.2) is 4.98 Å². The van der Waals surface area contributed by atoms with Crippen LogP contribution in [0.3, 0.4) is 0 Å². The summed E-state index contributed by atoms with van der Waals surface area (Å²) in [4.78, 5) is 4.25. The molecule has 2 aromatic rings. The number of nitrogens with two attached hydrogens (primary N) is 1. The largest absolute Gasteiger partial charge is 0.399 e. The van der Waals surface area contributed by atoms with Gasteiger partial charge < -0.3 is 11.1 Å². The van der Waals surface area contributed by atoms with Crippen LogP contribution in [0, 0.1) is 0 Å². The predicted octanol–water partition coefficient (Wildman–Crippen LogP) is 2.10. The SMILES string of the molecule is Nc1ccc(CCNCCc2cscn2)cc1. The Kier molecular flexibility index (Phi) is 4.53. The smallest absolute Gasteiger partial charge is 0.0794 e. The van der Waals surface area contributed by atoms with Crippen LogP contribution in [0.2, 0.25) is 0 Å². The summed E-state index contributed by atoms with van der Waals surface area (Å²) in [5, 5.41) is 5.52. The number of benzene rings is 1. The standard InChI is InChI=1S/C13H17N3S/c14-12-3-1-11(2-4-12)5-7-15-8-6-13-9-17-10-16-13/h1-4,9-10,15H,5-8,14H2. The quantitative estimate of drug-likeness (QED) is 0.607. The third kappa shape index (κ3) is 4.17. The third-order valence-electron chi connectivity index (χ3n) is 2.61. The number of nitrogens with one attached hydrogen (secondary N) is 1. The van der Waals surface area contributed by atoms with Crippen molar-refractivity contribution in [1.82, 2.24) is 10.3 Å². The lowest BCUT2D eigenvalue weighted by Crippen LogP contribution is -2.20. The molecule has 3 N–H and O–H groups in total. The van der Waals surface area contributed by atoms with Crippen molar-refractivity contribution in [3.63, 3.8) is 0 Å². The van der Waals surface area contributed by atoms with Crippen molar-refractivity contribution in [1.29, 1.82) is 0 Å². The molecule has 1 aromatic carbocycles. The molecule has 0 saturated heterocycles. The minimum absolute atomic E-state index is 0.824. The van der Waals surface area contributed by atoms with Crippen molar-refractivity contribution in [3.8, 4) is 0 Å². The molecule has 0 aliphatic carbocycles. The molecule has 0 bridgehead atoms. The topological polar surface area (TPSA) is 50.9 Å². The summed E-state index contributed by atoms with van der Waals surface area (Å²) in [5.74, 6) is 0. The van der Waals surface area contributed by atoms with Crippen molar-refractivity contribution in [2.45, 2.75) is 12.8 Å². The van der Waals surface area contributed by atoms with E-state index in [1.165, 1.54) is 11.3 Å². The minimum atomic E-state index is 0.824. The first-order valence-corrected chi connectivity index (χ1v) is 6.71. The highest BCUT2D eigenvalue weighted by atomic mass is 32.1. The molecular formula is C13H17N3S. The van der Waals surface area contributed by atoms with E-state index in [0.717, 1.165) is 31.6 Å². The van der Waals surface area contributed by atoms with Crippen molar-refractivity contribution in [3.05, 3.63) is 46.4 Å². The lowest BCUT2D eigenvalue weighted by Gasteiger charge is -2.04. The van der Waals surface area contributed by atoms with Crippen LogP contribution >= 0.6 is 11.3 Å². The molecule has 0 radical (unpaired) electrons. The molecule has 1 aromatic heterocycles. The van der Waals surface area contributed by atoms with Gasteiger partial charge in [0.2, 0.25) is 0 Å². The minimum Gasteiger partial charge on any atom is -0.399 e. The Balaban J connectivity index is 1.61. The maximum absolute atomic E-state index is 5.64. The fourth-order valence-corrected chi connectivity index (χ4v) is 2.21. The maximum atomic E-state index is 5.64. The number of thiazole rings is 1. The lowest BCUT2D eigenvalue weighted by atomic mass is 10.1. The predicted molar refractivity (Wildman–Crippen MR) is 73.2 cm³/mol. The van der Waals surface area contributed by atoms with Crippen molar-refractivity contribution >= 4 is 17.0 Å². The summed E-state index contributed by atoms with van der Waals surface area (Å²) in [6.07, 6.45) is 2.04. The molecule has 3 nitrogen and oxygen atoms in total. The molecule has 0 fully saturated rings. The molecule has 0 aliphatic heterocycles. The molecule has 0 saturated carbocycles. The summed E-state index contributed by atoms with van der Waals surface area (Å²) in [5.41, 5.74) is 10.8. The fraction of sp³-hybridized carbons (Fsp3) is 0.308. The molecule has 90 valence electrons. The van der Waals surface area contributed by atoms with Crippen LogP contribution in [-0.2, 0) is 12.8 Å². The number of nitrogens with zero attached hydrogens (tertiary/aromatic N) is 1. The second-order valence-corrected chi connectivity index (χ2v) is 4.69. The summed E-state index contributed by atoms with van der Waals surface area (Å²) < 4.78 is 0. The summed E-state index contributed by atoms with van der Waals surface area (Å²) >= 11 is 1.65. The van der Waals surface area contributed by atoms with E-state index in [1.807, 2.05) is 17.6 Å². The van der Waals surface area contributed by atoms with E-state index in [2.05, 4.69) is 27.8 Å². The number of rotatable bonds is 6. The van der Waals surface area contributed by atoms with Crippen molar-refractivity contribution < 1.29 is 0 Å². The Morgan fingerprint density at radius 1 is 1.12 bits per heavy atom. The number of hydrogen-bond donors (Lipinski definition) is 2. The van der Waals surface area contributed by atoms with Crippen LogP contribution in [0.4, 0.5) is 5.69 Å². The molecule has 1 heterocycles. The molecule has 0 amide bonds. The van der Waals surface area contributed by atoms with Gasteiger partial charge in [0.05, 0.1) is 11.2 Å². The molecule has 0 atom stereocenters. The first-order valence-electron chi connectivity index (χ1n) is 5.77. The Bertz CT molecular complexity index is 422. The molecule has 17 heavy (non-hydrogen) atoms. The average Bonchev–Trinajstić information content (AvgIpc) is 2.84. The Hall–Kier alpha value is -1.39. The monoisotopic (exact) mass is 247 g/mol. The maximum Gasteiger partial charge on any atom is 0.0794 e. The van der Waals surface area contributed by atoms with Crippen LogP contribution in [-0.4, -0.2) is 18.1 Å². The number of aromatic nitrogens is 1. The Morgan fingerprint density at radius 2 is 1.88 bits per heavy atom. The molecule has 4 heteroatoms. The lowest BCUT2D eigenvalue weighted by molar-refractivity contribution is 0.677. The molecule has 2 rings (SSSR count). The highest BCUT2D eigenvalue weighted by Crippen LogP contribution is 2.05. The average molecular weight is 247 g/mol. The molecule has 0 unspecified atom stereocenters. The van der Waals surface area contributed by atoms with Gasteiger partial charge >= 0.3 is 0 Å². The van der Waals surface area contributed by atoms with Crippen molar-refractivity contribution in [2.75, 3.05) is 18.8 Å². The van der Waals surface area contributed by atoms with Crippen LogP contribution in [0.25, 0.3) is 0 Å². The van der Waals surface area contributed by atoms with E-state index in [-0.39, 0.29) is 0 Å². The van der Waals surface area contributed by atoms with Crippen LogP contribution in [0.15, 0.2) is 35.2 Å². The van der Waals surface area contributed by atoms with Crippen LogP contribution in [0.5, 0.6) is 0 Å². The first kappa shape index (κ1) is 12.1. The van der Waals surface area contributed by atoms with Gasteiger partial charge in [-0.15, -0.1) is 11.3 Å². The summed E-state index contributed by atoms with van der Waals surface area (Å²) in [6.45, 7) is 1.98. The number of nitrogen functional groups attached to an aromatic ring is 1. The highest BCUT2D eigenvalue weighted by molar-refractivity contribution is 7.07. The van der Waals surface area contributed by atoms with Gasteiger partial charge in [-0.3, -0.25) is 0 Å². The number of anilines is 1. The van der Waals surface area contributed by atoms with E-state index >= 15 is 0 Å². The molecule has 0 spiro atoms. The first-order chi connectivity index (χ1) is 8.34. The Morgan fingerprint density at radius 3 is 2.59 bits per heavy atom. The zero-order chi connectivity index (χ0) is 11.9. The van der Waals surface area contributed by atoms with E-state index in [9.17, 15) is 0 Å². The Labute approximate surface area is 106 Å². The van der Waals surface area contributed by atoms with E-state index in [4.69, 9.17) is 5.73 Å². The fourth-order valence-electron chi connectivity index (χ4n) is 1.62. The van der Waals surface area contributed by atoms with E-state index in [0.29, 0.717) is 0 Å². The normalized spacial score (nSPS) is 10.6. The van der Waals surface area contributed by atoms with Gasteiger partial charge in [0, 0.05) is 24.0 Å². The van der Waals surface area contributed by atoms with Gasteiger partial charge in [-0.2, -0.15) is 0 Å². The van der Waals surface area contributed by atoms with E-state index in [1.54, 1.807) is 11.3 Å². The van der Waals surface area contributed by atoms with Gasteiger partial charge in [0.25, 0.3) is 0 Å². The second-order valence-electron chi connectivity index (χ2n) is 3.97. The zero-order valence-corrected chi connectivity index (χ0v) is 10.5. The second kappa shape index (κ2) is 6.37. The van der Waals surface area contributed by atoms with Gasteiger partial charge in [0.15, 0.2) is 0 Å². The van der Waals surface area contributed by atoms with Crippen LogP contribution in [0.1, 0.15) is 11.3 Å². The van der Waals surface area contributed by atoms with E-state index < -0.39 is 0 Å². The molecular weight excluding hydrogens is 230 g/mol. The number of hydrogen-bond acceptors (Lipinski definition) is 4. The van der Waals surface area contributed by atoms with Crippen LogP contribution < -0.4 is 11.1 Å². The summed E-state index contributed by atoms with van der Waals surface area (Å²) in [7, 11) is 0. The highest BCUT2D eigenvalue weighted by Gasteiger charge is 1.95. The van der Waals surface area contributed by atoms with Gasteiger partial charge in [0.1, 0.15) is 0 Å². The molecule has 0 aliphatic rings. The summed E-state index contributed by atoms with van der Waals surface area (Å²) in [6, 6.07) is 8.06. The third-order valence-corrected chi connectivity index (χ3v) is 3.25. The van der Waals surface area contributed by atoms with Gasteiger partial charge in [-0.1, -0.05) is 12.1 Å².